The molecule has 172 valence electrons. The molecule has 3 rings (SSSR count). The van der Waals surface area contributed by atoms with Crippen LogP contribution in [0.4, 0.5) is 0 Å². The summed E-state index contributed by atoms with van der Waals surface area (Å²) in [5.74, 6) is 0. The molecule has 1 heterocycles. The number of benzene rings is 2. The number of aliphatic hydroxyl groups excluding tert-OH is 1. The molecule has 1 aromatic heterocycles. The maximum atomic E-state index is 13.2. The van der Waals surface area contributed by atoms with Gasteiger partial charge in [0.25, 0.3) is 10.0 Å². The molecule has 0 amide bonds. The Hall–Kier alpha value is -2.19. The molecule has 0 saturated heterocycles. The van der Waals surface area contributed by atoms with Crippen molar-refractivity contribution in [1.29, 1.82) is 0 Å². The van der Waals surface area contributed by atoms with Gasteiger partial charge in [-0.15, -0.1) is 0 Å². The number of rotatable bonds is 7. The lowest BCUT2D eigenvalue weighted by atomic mass is 10.0. The van der Waals surface area contributed by atoms with E-state index in [4.69, 9.17) is 4.43 Å². The molecule has 1 unspecified atom stereocenters. The summed E-state index contributed by atoms with van der Waals surface area (Å²) in [6.45, 7) is 13.4. The van der Waals surface area contributed by atoms with E-state index in [2.05, 4.69) is 33.9 Å². The van der Waals surface area contributed by atoms with Crippen LogP contribution >= 0.6 is 0 Å². The Balaban J connectivity index is 1.84. The molecule has 3 aromatic rings. The van der Waals surface area contributed by atoms with Gasteiger partial charge in [0.05, 0.1) is 17.2 Å². The first-order chi connectivity index (χ1) is 14.8. The van der Waals surface area contributed by atoms with Gasteiger partial charge in [-0.05, 0) is 59.9 Å². The SMILES string of the molecule is Cc1cc(C(O)c2ccc(CO[Si](C)(C)C(C)(C)C)cc2)n(S(=O)(=O)c2ccccc2)c1. The molecule has 2 aromatic carbocycles. The summed E-state index contributed by atoms with van der Waals surface area (Å²) in [6.07, 6.45) is 0.472. The molecular formula is C25H33NO4SSi. The molecule has 0 bridgehead atoms. The van der Waals surface area contributed by atoms with Gasteiger partial charge in [0.15, 0.2) is 8.32 Å². The lowest BCUT2D eigenvalue weighted by Crippen LogP contribution is -2.40. The second-order valence-corrected chi connectivity index (χ2v) is 16.4. The second kappa shape index (κ2) is 8.98. The third kappa shape index (κ3) is 5.07. The fraction of sp³-hybridized carbons (Fsp3) is 0.360. The highest BCUT2D eigenvalue weighted by Crippen LogP contribution is 2.37. The van der Waals surface area contributed by atoms with E-state index in [1.165, 1.54) is 3.97 Å². The molecular weight excluding hydrogens is 438 g/mol. The van der Waals surface area contributed by atoms with Crippen LogP contribution < -0.4 is 0 Å². The fourth-order valence-electron chi connectivity index (χ4n) is 3.15. The summed E-state index contributed by atoms with van der Waals surface area (Å²) in [5.41, 5.74) is 2.73. The Morgan fingerprint density at radius 3 is 2.19 bits per heavy atom. The van der Waals surface area contributed by atoms with Crippen LogP contribution in [0.25, 0.3) is 0 Å². The Morgan fingerprint density at radius 2 is 1.62 bits per heavy atom. The van der Waals surface area contributed by atoms with E-state index in [0.29, 0.717) is 17.9 Å². The van der Waals surface area contributed by atoms with Gasteiger partial charge in [0, 0.05) is 6.20 Å². The van der Waals surface area contributed by atoms with Gasteiger partial charge in [-0.2, -0.15) is 0 Å². The Kier molecular flexibility index (Phi) is 6.86. The predicted molar refractivity (Wildman–Crippen MR) is 131 cm³/mol. The maximum absolute atomic E-state index is 13.2. The van der Waals surface area contributed by atoms with E-state index in [9.17, 15) is 13.5 Å². The van der Waals surface area contributed by atoms with Gasteiger partial charge >= 0.3 is 0 Å². The zero-order valence-electron chi connectivity index (χ0n) is 19.7. The number of nitrogens with zero attached hydrogens (tertiary/aromatic N) is 1. The molecule has 0 radical (unpaired) electrons. The number of hydrogen-bond acceptors (Lipinski definition) is 4. The first kappa shape index (κ1) is 24.4. The molecule has 0 saturated carbocycles. The van der Waals surface area contributed by atoms with Crippen molar-refractivity contribution in [1.82, 2.24) is 3.97 Å². The van der Waals surface area contributed by atoms with Crippen molar-refractivity contribution in [3.8, 4) is 0 Å². The largest absolute Gasteiger partial charge is 0.413 e. The zero-order chi connectivity index (χ0) is 23.7. The van der Waals surface area contributed by atoms with Crippen LogP contribution in [-0.2, 0) is 21.1 Å². The van der Waals surface area contributed by atoms with Crippen molar-refractivity contribution < 1.29 is 18.0 Å². The third-order valence-corrected chi connectivity index (χ3v) is 12.4. The first-order valence-electron chi connectivity index (χ1n) is 10.7. The molecule has 0 fully saturated rings. The van der Waals surface area contributed by atoms with Crippen molar-refractivity contribution in [2.75, 3.05) is 0 Å². The lowest BCUT2D eigenvalue weighted by Gasteiger charge is -2.36. The Morgan fingerprint density at radius 1 is 1.03 bits per heavy atom. The minimum atomic E-state index is -3.81. The molecule has 7 heteroatoms. The van der Waals surface area contributed by atoms with E-state index in [0.717, 1.165) is 11.1 Å². The normalized spacial score (nSPS) is 13.8. The molecule has 1 N–H and O–H groups in total. The van der Waals surface area contributed by atoms with Crippen LogP contribution in [0.1, 0.15) is 49.3 Å². The van der Waals surface area contributed by atoms with Crippen LogP contribution in [0.15, 0.2) is 71.8 Å². The third-order valence-electron chi connectivity index (χ3n) is 6.23. The first-order valence-corrected chi connectivity index (χ1v) is 15.1. The van der Waals surface area contributed by atoms with Gasteiger partial charge in [0.2, 0.25) is 0 Å². The molecule has 32 heavy (non-hydrogen) atoms. The topological polar surface area (TPSA) is 68.5 Å². The van der Waals surface area contributed by atoms with Crippen molar-refractivity contribution in [3.63, 3.8) is 0 Å². The van der Waals surface area contributed by atoms with Gasteiger partial charge in [-0.3, -0.25) is 0 Å². The summed E-state index contributed by atoms with van der Waals surface area (Å²) in [4.78, 5) is 0.183. The minimum Gasteiger partial charge on any atom is -0.413 e. The van der Waals surface area contributed by atoms with Crippen molar-refractivity contribution in [3.05, 3.63) is 89.2 Å². The molecule has 0 aliphatic carbocycles. The summed E-state index contributed by atoms with van der Waals surface area (Å²) < 4.78 is 33.8. The van der Waals surface area contributed by atoms with Crippen molar-refractivity contribution in [2.24, 2.45) is 0 Å². The van der Waals surface area contributed by atoms with E-state index < -0.39 is 24.4 Å². The minimum absolute atomic E-state index is 0.136. The highest BCUT2D eigenvalue weighted by Gasteiger charge is 2.37. The molecule has 5 nitrogen and oxygen atoms in total. The quantitative estimate of drug-likeness (QED) is 0.453. The van der Waals surface area contributed by atoms with Crippen molar-refractivity contribution in [2.45, 2.75) is 63.4 Å². The second-order valence-electron chi connectivity index (χ2n) is 9.75. The Bertz CT molecular complexity index is 1160. The summed E-state index contributed by atoms with van der Waals surface area (Å²) in [7, 11) is -5.66. The maximum Gasteiger partial charge on any atom is 0.267 e. The van der Waals surface area contributed by atoms with Crippen LogP contribution in [0.5, 0.6) is 0 Å². The lowest BCUT2D eigenvalue weighted by molar-refractivity contribution is 0.214. The van der Waals surface area contributed by atoms with Gasteiger partial charge in [-0.1, -0.05) is 63.2 Å². The van der Waals surface area contributed by atoms with Gasteiger partial charge in [-0.25, -0.2) is 12.4 Å². The standard InChI is InChI=1S/C25H33NO4SSi/c1-19-16-23(26(17-19)31(28,29)22-10-8-7-9-11-22)24(27)21-14-12-20(13-15-21)18-30-32(5,6)25(2,3)4/h7-17,24,27H,18H2,1-6H3. The Labute approximate surface area is 192 Å². The average Bonchev–Trinajstić information content (AvgIpc) is 3.14. The predicted octanol–water partition coefficient (Wildman–Crippen LogP) is 5.64. The number of aromatic nitrogens is 1. The molecule has 0 aliphatic rings. The molecule has 0 aliphatic heterocycles. The van der Waals surface area contributed by atoms with E-state index in [-0.39, 0.29) is 9.93 Å². The van der Waals surface area contributed by atoms with Crippen LogP contribution in [0.3, 0.4) is 0 Å². The fourth-order valence-corrected chi connectivity index (χ4v) is 5.58. The van der Waals surface area contributed by atoms with Crippen LogP contribution in [0.2, 0.25) is 18.1 Å². The molecule has 0 spiro atoms. The highest BCUT2D eigenvalue weighted by atomic mass is 32.2. The van der Waals surface area contributed by atoms with E-state index in [1.54, 1.807) is 42.6 Å². The zero-order valence-corrected chi connectivity index (χ0v) is 21.5. The monoisotopic (exact) mass is 471 g/mol. The van der Waals surface area contributed by atoms with Crippen LogP contribution in [-0.4, -0.2) is 25.8 Å². The summed E-state index contributed by atoms with van der Waals surface area (Å²) >= 11 is 0. The molecule has 1 atom stereocenters. The van der Waals surface area contributed by atoms with E-state index >= 15 is 0 Å². The van der Waals surface area contributed by atoms with E-state index in [1.807, 2.05) is 31.2 Å². The number of aryl methyl sites for hydroxylation is 1. The average molecular weight is 472 g/mol. The summed E-state index contributed by atoms with van der Waals surface area (Å²) in [6, 6.07) is 17.5. The smallest absolute Gasteiger partial charge is 0.267 e. The van der Waals surface area contributed by atoms with Crippen LogP contribution in [0, 0.1) is 6.92 Å². The number of hydrogen-bond donors (Lipinski definition) is 1. The summed E-state index contributed by atoms with van der Waals surface area (Å²) in [5, 5.41) is 11.2. The number of aliphatic hydroxyl groups is 1. The van der Waals surface area contributed by atoms with Crippen molar-refractivity contribution >= 4 is 18.3 Å². The highest BCUT2D eigenvalue weighted by molar-refractivity contribution is 7.90. The van der Waals surface area contributed by atoms with Gasteiger partial charge < -0.3 is 9.53 Å². The van der Waals surface area contributed by atoms with Gasteiger partial charge in [0.1, 0.15) is 6.10 Å².